The number of hydrogen-bond acceptors (Lipinski definition) is 4. The summed E-state index contributed by atoms with van der Waals surface area (Å²) >= 11 is 0. The molecule has 1 aliphatic heterocycles. The van der Waals surface area contributed by atoms with E-state index >= 15 is 0 Å². The van der Waals surface area contributed by atoms with Crippen molar-refractivity contribution in [2.24, 2.45) is 11.0 Å². The number of benzene rings is 2. The van der Waals surface area contributed by atoms with Gasteiger partial charge in [0.15, 0.2) is 6.23 Å². The Kier molecular flexibility index (Phi) is 6.71. The lowest BCUT2D eigenvalue weighted by Gasteiger charge is -2.22. The largest absolute Gasteiger partial charge is 0.352 e. The van der Waals surface area contributed by atoms with E-state index in [2.05, 4.69) is 4.98 Å². The van der Waals surface area contributed by atoms with Gasteiger partial charge in [0.05, 0.1) is 18.0 Å². The van der Waals surface area contributed by atoms with E-state index in [1.807, 2.05) is 62.4 Å². The predicted molar refractivity (Wildman–Crippen MR) is 121 cm³/mol. The molecule has 6 heteroatoms. The number of hydrazone groups is 1. The second-order valence-corrected chi connectivity index (χ2v) is 8.08. The van der Waals surface area contributed by atoms with Crippen molar-refractivity contribution in [1.82, 2.24) is 9.99 Å². The molecule has 1 fully saturated rings. The molecule has 1 saturated heterocycles. The third-order valence-electron chi connectivity index (χ3n) is 5.46. The van der Waals surface area contributed by atoms with Gasteiger partial charge >= 0.3 is 0 Å². The normalized spacial score (nSPS) is 18.9. The van der Waals surface area contributed by atoms with Crippen molar-refractivity contribution in [3.8, 4) is 0 Å². The number of aromatic nitrogens is 1. The van der Waals surface area contributed by atoms with Gasteiger partial charge in [0.1, 0.15) is 5.82 Å². The van der Waals surface area contributed by atoms with Gasteiger partial charge < -0.3 is 4.74 Å². The highest BCUT2D eigenvalue weighted by Crippen LogP contribution is 2.27. The summed E-state index contributed by atoms with van der Waals surface area (Å²) in [7, 11) is 0. The average Bonchev–Trinajstić information content (AvgIpc) is 3.07. The Labute approximate surface area is 187 Å². The van der Waals surface area contributed by atoms with Gasteiger partial charge in [-0.2, -0.15) is 5.10 Å². The molecule has 0 radical (unpaired) electrons. The molecule has 4 rings (SSSR count). The number of halogens is 1. The SMILES string of the molecule is Cc1cccc(C(Cc2ccc(F)cc2)=NN2C(=O)C(C)CC2OCc2ccccc2)n1. The van der Waals surface area contributed by atoms with Crippen LogP contribution in [0.1, 0.15) is 35.9 Å². The summed E-state index contributed by atoms with van der Waals surface area (Å²) in [6, 6.07) is 21.8. The number of hydrogen-bond donors (Lipinski definition) is 0. The van der Waals surface area contributed by atoms with Crippen molar-refractivity contribution in [3.05, 3.63) is 101 Å². The first-order valence-corrected chi connectivity index (χ1v) is 10.7. The maximum Gasteiger partial charge on any atom is 0.248 e. The van der Waals surface area contributed by atoms with E-state index in [4.69, 9.17) is 9.84 Å². The highest BCUT2D eigenvalue weighted by molar-refractivity contribution is 6.01. The minimum absolute atomic E-state index is 0.0766. The lowest BCUT2D eigenvalue weighted by atomic mass is 10.1. The fourth-order valence-corrected chi connectivity index (χ4v) is 3.70. The zero-order chi connectivity index (χ0) is 22.5. The minimum atomic E-state index is -0.453. The maximum atomic E-state index is 13.4. The highest BCUT2D eigenvalue weighted by Gasteiger charge is 2.38. The molecule has 3 aromatic rings. The third kappa shape index (κ3) is 5.26. The Morgan fingerprint density at radius 3 is 2.53 bits per heavy atom. The third-order valence-corrected chi connectivity index (χ3v) is 5.46. The molecule has 1 amide bonds. The Morgan fingerprint density at radius 2 is 1.81 bits per heavy atom. The van der Waals surface area contributed by atoms with E-state index in [0.29, 0.717) is 30.9 Å². The van der Waals surface area contributed by atoms with Crippen LogP contribution in [0.25, 0.3) is 0 Å². The summed E-state index contributed by atoms with van der Waals surface area (Å²) in [5.74, 6) is -0.553. The van der Waals surface area contributed by atoms with Gasteiger partial charge in [-0.1, -0.05) is 55.5 Å². The molecule has 1 aliphatic rings. The Morgan fingerprint density at radius 1 is 1.06 bits per heavy atom. The Hall–Kier alpha value is -3.38. The fourth-order valence-electron chi connectivity index (χ4n) is 3.70. The van der Waals surface area contributed by atoms with Crippen molar-refractivity contribution in [1.29, 1.82) is 0 Å². The smallest absolute Gasteiger partial charge is 0.248 e. The van der Waals surface area contributed by atoms with Crippen LogP contribution in [0.5, 0.6) is 0 Å². The van der Waals surface area contributed by atoms with E-state index in [9.17, 15) is 9.18 Å². The van der Waals surface area contributed by atoms with Crippen LogP contribution in [0.4, 0.5) is 4.39 Å². The van der Waals surface area contributed by atoms with Crippen LogP contribution in [0.2, 0.25) is 0 Å². The van der Waals surface area contributed by atoms with Crippen molar-refractivity contribution >= 4 is 11.6 Å². The molecule has 0 saturated carbocycles. The fraction of sp³-hybridized carbons (Fsp3) is 0.269. The number of pyridine rings is 1. The number of amides is 1. The Balaban J connectivity index is 1.63. The van der Waals surface area contributed by atoms with Gasteiger partial charge in [-0.25, -0.2) is 9.40 Å². The van der Waals surface area contributed by atoms with Gasteiger partial charge in [-0.15, -0.1) is 0 Å². The van der Waals surface area contributed by atoms with Crippen molar-refractivity contribution < 1.29 is 13.9 Å². The zero-order valence-corrected chi connectivity index (χ0v) is 18.2. The van der Waals surface area contributed by atoms with Crippen LogP contribution < -0.4 is 0 Å². The van der Waals surface area contributed by atoms with Gasteiger partial charge in [0.2, 0.25) is 5.91 Å². The van der Waals surface area contributed by atoms with E-state index in [0.717, 1.165) is 16.8 Å². The first kappa shape index (κ1) is 21.8. The molecule has 32 heavy (non-hydrogen) atoms. The summed E-state index contributed by atoms with van der Waals surface area (Å²) in [5.41, 5.74) is 4.09. The molecular weight excluding hydrogens is 405 g/mol. The predicted octanol–water partition coefficient (Wildman–Crippen LogP) is 4.89. The lowest BCUT2D eigenvalue weighted by molar-refractivity contribution is -0.138. The van der Waals surface area contributed by atoms with Crippen molar-refractivity contribution in [3.63, 3.8) is 0 Å². The van der Waals surface area contributed by atoms with Crippen LogP contribution in [0.15, 0.2) is 77.9 Å². The molecule has 0 N–H and O–H groups in total. The number of ether oxygens (including phenoxy) is 1. The number of rotatable bonds is 7. The van der Waals surface area contributed by atoms with Crippen LogP contribution in [-0.4, -0.2) is 27.8 Å². The standard InChI is InChI=1S/C26H26FN3O2/c1-18-15-25(32-17-21-8-4-3-5-9-21)30(26(18)31)29-24(23-10-6-7-19(2)28-23)16-20-11-13-22(27)14-12-20/h3-14,18,25H,15-17H2,1-2H3. The summed E-state index contributed by atoms with van der Waals surface area (Å²) in [4.78, 5) is 17.5. The molecule has 5 nitrogen and oxygen atoms in total. The second kappa shape index (κ2) is 9.83. The van der Waals surface area contributed by atoms with Gasteiger partial charge in [-0.05, 0) is 42.3 Å². The quantitative estimate of drug-likeness (QED) is 0.501. The van der Waals surface area contributed by atoms with Crippen molar-refractivity contribution in [2.75, 3.05) is 0 Å². The highest BCUT2D eigenvalue weighted by atomic mass is 19.1. The van der Waals surface area contributed by atoms with E-state index in [-0.39, 0.29) is 17.6 Å². The van der Waals surface area contributed by atoms with Gasteiger partial charge in [0, 0.05) is 24.5 Å². The molecule has 2 heterocycles. The van der Waals surface area contributed by atoms with Crippen molar-refractivity contribution in [2.45, 2.75) is 39.5 Å². The molecule has 0 aliphatic carbocycles. The maximum absolute atomic E-state index is 13.4. The number of carbonyl (C=O) groups excluding carboxylic acids is 1. The van der Waals surface area contributed by atoms with Crippen LogP contribution in [0, 0.1) is 18.7 Å². The topological polar surface area (TPSA) is 54.8 Å². The molecule has 0 spiro atoms. The molecular formula is C26H26FN3O2. The number of aryl methyl sites for hydroxylation is 1. The van der Waals surface area contributed by atoms with E-state index in [1.165, 1.54) is 17.1 Å². The molecule has 2 unspecified atom stereocenters. The first-order valence-electron chi connectivity index (χ1n) is 10.7. The number of nitrogens with zero attached hydrogens (tertiary/aromatic N) is 3. The minimum Gasteiger partial charge on any atom is -0.352 e. The Bertz CT molecular complexity index is 1100. The van der Waals surface area contributed by atoms with Gasteiger partial charge in [0.25, 0.3) is 0 Å². The average molecular weight is 432 g/mol. The summed E-state index contributed by atoms with van der Waals surface area (Å²) in [6.07, 6.45) is 0.534. The second-order valence-electron chi connectivity index (χ2n) is 8.08. The molecule has 2 aromatic carbocycles. The monoisotopic (exact) mass is 431 g/mol. The number of carbonyl (C=O) groups is 1. The van der Waals surface area contributed by atoms with Crippen LogP contribution in [-0.2, 0) is 22.6 Å². The molecule has 0 bridgehead atoms. The van der Waals surface area contributed by atoms with E-state index in [1.54, 1.807) is 12.1 Å². The van der Waals surface area contributed by atoms with E-state index < -0.39 is 6.23 Å². The van der Waals surface area contributed by atoms with Crippen LogP contribution in [0.3, 0.4) is 0 Å². The summed E-state index contributed by atoms with van der Waals surface area (Å²) < 4.78 is 19.5. The summed E-state index contributed by atoms with van der Waals surface area (Å²) in [5, 5.41) is 6.20. The zero-order valence-electron chi connectivity index (χ0n) is 18.2. The lowest BCUT2D eigenvalue weighted by Crippen LogP contribution is -2.32. The van der Waals surface area contributed by atoms with Gasteiger partial charge in [-0.3, -0.25) is 9.78 Å². The first-order chi connectivity index (χ1) is 15.5. The molecule has 1 aromatic heterocycles. The molecule has 164 valence electrons. The summed E-state index contributed by atoms with van der Waals surface area (Å²) in [6.45, 7) is 4.20. The van der Waals surface area contributed by atoms with Crippen LogP contribution >= 0.6 is 0 Å². The molecule has 2 atom stereocenters.